The van der Waals surface area contributed by atoms with Gasteiger partial charge in [-0.3, -0.25) is 9.59 Å². The van der Waals surface area contributed by atoms with Crippen LogP contribution in [0.2, 0.25) is 5.02 Å². The van der Waals surface area contributed by atoms with Crippen molar-refractivity contribution in [2.24, 2.45) is 5.92 Å². The molecule has 1 aliphatic rings. The van der Waals surface area contributed by atoms with Crippen molar-refractivity contribution < 1.29 is 14.7 Å². The second-order valence-electron chi connectivity index (χ2n) is 5.13. The monoisotopic (exact) mass is 295 g/mol. The summed E-state index contributed by atoms with van der Waals surface area (Å²) in [5, 5.41) is 9.59. The van der Waals surface area contributed by atoms with E-state index in [0.29, 0.717) is 10.7 Å². The van der Waals surface area contributed by atoms with Gasteiger partial charge in [-0.15, -0.1) is 0 Å². The number of aliphatic carboxylic acids is 1. The van der Waals surface area contributed by atoms with Crippen LogP contribution in [0.4, 0.5) is 5.69 Å². The van der Waals surface area contributed by atoms with Crippen LogP contribution in [0, 0.1) is 5.92 Å². The van der Waals surface area contributed by atoms with Gasteiger partial charge in [-0.2, -0.15) is 0 Å². The van der Waals surface area contributed by atoms with Gasteiger partial charge >= 0.3 is 5.97 Å². The molecule has 5 heteroatoms. The van der Waals surface area contributed by atoms with Gasteiger partial charge in [0.25, 0.3) is 0 Å². The van der Waals surface area contributed by atoms with E-state index in [1.807, 2.05) is 0 Å². The van der Waals surface area contributed by atoms with E-state index in [-0.39, 0.29) is 18.4 Å². The summed E-state index contributed by atoms with van der Waals surface area (Å²) in [6, 6.07) is 6.71. The minimum Gasteiger partial charge on any atom is -0.480 e. The average molecular weight is 296 g/mol. The molecule has 1 aliphatic carbocycles. The van der Waals surface area contributed by atoms with Crippen LogP contribution in [0.1, 0.15) is 32.1 Å². The number of hydrogen-bond acceptors (Lipinski definition) is 2. The Morgan fingerprint density at radius 1 is 1.15 bits per heavy atom. The summed E-state index contributed by atoms with van der Waals surface area (Å²) in [5.41, 5.74) is 0.590. The van der Waals surface area contributed by atoms with Gasteiger partial charge in [0.1, 0.15) is 6.54 Å². The second kappa shape index (κ2) is 6.75. The third-order valence-electron chi connectivity index (χ3n) is 3.65. The Balaban J connectivity index is 2.19. The lowest BCUT2D eigenvalue weighted by atomic mass is 9.88. The van der Waals surface area contributed by atoms with Crippen molar-refractivity contribution in [1.29, 1.82) is 0 Å². The molecule has 0 aliphatic heterocycles. The number of hydrogen-bond donors (Lipinski definition) is 1. The summed E-state index contributed by atoms with van der Waals surface area (Å²) >= 11 is 5.83. The van der Waals surface area contributed by atoms with E-state index in [1.54, 1.807) is 24.3 Å². The van der Waals surface area contributed by atoms with Crippen LogP contribution in [-0.4, -0.2) is 23.5 Å². The molecule has 0 atom stereocenters. The minimum atomic E-state index is -1.01. The van der Waals surface area contributed by atoms with Crippen LogP contribution in [0.5, 0.6) is 0 Å². The van der Waals surface area contributed by atoms with Crippen molar-refractivity contribution in [2.45, 2.75) is 32.1 Å². The normalized spacial score (nSPS) is 15.8. The summed E-state index contributed by atoms with van der Waals surface area (Å²) in [4.78, 5) is 24.9. The van der Waals surface area contributed by atoms with Crippen LogP contribution in [0.25, 0.3) is 0 Å². The van der Waals surface area contributed by atoms with Gasteiger partial charge in [-0.05, 0) is 37.1 Å². The SMILES string of the molecule is O=C(O)CN(C(=O)C1CCCCC1)c1ccc(Cl)cc1. The largest absolute Gasteiger partial charge is 0.480 e. The van der Waals surface area contributed by atoms with Crippen LogP contribution in [-0.2, 0) is 9.59 Å². The van der Waals surface area contributed by atoms with Crippen LogP contribution < -0.4 is 4.90 Å². The van der Waals surface area contributed by atoms with Crippen molar-refractivity contribution in [3.63, 3.8) is 0 Å². The molecule has 108 valence electrons. The van der Waals surface area contributed by atoms with Crippen molar-refractivity contribution in [3.05, 3.63) is 29.3 Å². The van der Waals surface area contributed by atoms with E-state index < -0.39 is 5.97 Å². The Labute approximate surface area is 123 Å². The molecule has 0 heterocycles. The Kier molecular flexibility index (Phi) is 5.01. The van der Waals surface area contributed by atoms with Crippen LogP contribution >= 0.6 is 11.6 Å². The van der Waals surface area contributed by atoms with Crippen LogP contribution in [0.3, 0.4) is 0 Å². The van der Waals surface area contributed by atoms with Gasteiger partial charge in [0, 0.05) is 16.6 Å². The highest BCUT2D eigenvalue weighted by molar-refractivity contribution is 6.30. The molecule has 1 amide bonds. The molecular formula is C15H18ClNO3. The average Bonchev–Trinajstić information content (AvgIpc) is 2.46. The number of carbonyl (C=O) groups excluding carboxylic acids is 1. The Morgan fingerprint density at radius 2 is 1.75 bits per heavy atom. The van der Waals surface area contributed by atoms with Gasteiger partial charge in [-0.25, -0.2) is 0 Å². The zero-order valence-corrected chi connectivity index (χ0v) is 12.0. The number of carbonyl (C=O) groups is 2. The lowest BCUT2D eigenvalue weighted by Crippen LogP contribution is -2.40. The smallest absolute Gasteiger partial charge is 0.323 e. The molecular weight excluding hydrogens is 278 g/mol. The van der Waals surface area contributed by atoms with Gasteiger partial charge in [0.05, 0.1) is 0 Å². The molecule has 1 saturated carbocycles. The third kappa shape index (κ3) is 3.73. The number of anilines is 1. The van der Waals surface area contributed by atoms with E-state index in [0.717, 1.165) is 32.1 Å². The predicted octanol–water partition coefficient (Wildman–Crippen LogP) is 3.34. The number of amides is 1. The van der Waals surface area contributed by atoms with Crippen LogP contribution in [0.15, 0.2) is 24.3 Å². The topological polar surface area (TPSA) is 57.6 Å². The Hall–Kier alpha value is -1.55. The summed E-state index contributed by atoms with van der Waals surface area (Å²) in [5.74, 6) is -1.16. The minimum absolute atomic E-state index is 0.0567. The lowest BCUT2D eigenvalue weighted by molar-refractivity contribution is -0.137. The number of nitrogens with zero attached hydrogens (tertiary/aromatic N) is 1. The summed E-state index contributed by atoms with van der Waals surface area (Å²) < 4.78 is 0. The van der Waals surface area contributed by atoms with Gasteiger partial charge < -0.3 is 10.0 Å². The Morgan fingerprint density at radius 3 is 2.30 bits per heavy atom. The van der Waals surface area contributed by atoms with E-state index in [9.17, 15) is 9.59 Å². The maximum absolute atomic E-state index is 12.5. The van der Waals surface area contributed by atoms with Crippen molar-refractivity contribution in [2.75, 3.05) is 11.4 Å². The fraction of sp³-hybridized carbons (Fsp3) is 0.467. The molecule has 4 nitrogen and oxygen atoms in total. The molecule has 0 aromatic heterocycles. The highest BCUT2D eigenvalue weighted by Crippen LogP contribution is 2.28. The molecule has 0 spiro atoms. The first-order chi connectivity index (χ1) is 9.58. The summed E-state index contributed by atoms with van der Waals surface area (Å²) in [6.45, 7) is -0.309. The summed E-state index contributed by atoms with van der Waals surface area (Å²) in [7, 11) is 0. The van der Waals surface area contributed by atoms with E-state index in [4.69, 9.17) is 16.7 Å². The molecule has 0 radical (unpaired) electrons. The van der Waals surface area contributed by atoms with Crippen molar-refractivity contribution in [1.82, 2.24) is 0 Å². The van der Waals surface area contributed by atoms with Crippen molar-refractivity contribution in [3.8, 4) is 0 Å². The Bertz CT molecular complexity index is 480. The molecule has 0 bridgehead atoms. The fourth-order valence-electron chi connectivity index (χ4n) is 2.62. The standard InChI is InChI=1S/C15H18ClNO3/c16-12-6-8-13(9-7-12)17(10-14(18)19)15(20)11-4-2-1-3-5-11/h6-9,11H,1-5,10H2,(H,18,19). The van der Waals surface area contributed by atoms with Gasteiger partial charge in [-0.1, -0.05) is 30.9 Å². The molecule has 1 aromatic rings. The highest BCUT2D eigenvalue weighted by Gasteiger charge is 2.28. The van der Waals surface area contributed by atoms with Crippen molar-refractivity contribution >= 4 is 29.2 Å². The number of benzene rings is 1. The number of halogens is 1. The zero-order valence-electron chi connectivity index (χ0n) is 11.2. The zero-order chi connectivity index (χ0) is 14.5. The maximum atomic E-state index is 12.5. The van der Waals surface area contributed by atoms with Gasteiger partial charge in [0.2, 0.25) is 5.91 Å². The molecule has 0 saturated heterocycles. The summed E-state index contributed by atoms with van der Waals surface area (Å²) in [6.07, 6.45) is 4.94. The first-order valence-corrected chi connectivity index (χ1v) is 7.24. The lowest BCUT2D eigenvalue weighted by Gasteiger charge is -2.28. The first-order valence-electron chi connectivity index (χ1n) is 6.86. The molecule has 2 rings (SSSR count). The molecule has 1 N–H and O–H groups in total. The fourth-order valence-corrected chi connectivity index (χ4v) is 2.75. The predicted molar refractivity (Wildman–Crippen MR) is 78.0 cm³/mol. The molecule has 20 heavy (non-hydrogen) atoms. The number of rotatable bonds is 4. The quantitative estimate of drug-likeness (QED) is 0.927. The van der Waals surface area contributed by atoms with E-state index in [1.165, 1.54) is 4.90 Å². The van der Waals surface area contributed by atoms with Gasteiger partial charge in [0.15, 0.2) is 0 Å². The molecule has 0 unspecified atom stereocenters. The second-order valence-corrected chi connectivity index (χ2v) is 5.57. The van der Waals surface area contributed by atoms with E-state index >= 15 is 0 Å². The highest BCUT2D eigenvalue weighted by atomic mass is 35.5. The third-order valence-corrected chi connectivity index (χ3v) is 3.90. The van der Waals surface area contributed by atoms with E-state index in [2.05, 4.69) is 0 Å². The maximum Gasteiger partial charge on any atom is 0.323 e. The number of carboxylic acid groups (broad SMARTS) is 1. The first kappa shape index (κ1) is 14.9. The molecule has 1 aromatic carbocycles. The molecule has 1 fully saturated rings. The number of carboxylic acids is 1.